The van der Waals surface area contributed by atoms with Crippen LogP contribution in [0.5, 0.6) is 5.75 Å². The summed E-state index contributed by atoms with van der Waals surface area (Å²) in [6.07, 6.45) is 0. The van der Waals surface area contributed by atoms with Crippen molar-refractivity contribution in [2.45, 2.75) is 13.8 Å². The highest BCUT2D eigenvalue weighted by molar-refractivity contribution is 9.10. The molecule has 0 bridgehead atoms. The number of hydrogen-bond acceptors (Lipinski definition) is 4. The summed E-state index contributed by atoms with van der Waals surface area (Å²) in [5.41, 5.74) is 7.31. The number of hydrogen-bond donors (Lipinski definition) is 3. The Morgan fingerprint density at radius 3 is 2.50 bits per heavy atom. The predicted molar refractivity (Wildman–Crippen MR) is 107 cm³/mol. The molecular formula is C18H18BrN3O3S. The number of ether oxygens (including phenoxy) is 1. The molecule has 0 unspecified atom stereocenters. The van der Waals surface area contributed by atoms with E-state index in [0.717, 1.165) is 15.6 Å². The highest BCUT2D eigenvalue weighted by Gasteiger charge is 2.10. The third-order valence-electron chi connectivity index (χ3n) is 3.43. The van der Waals surface area contributed by atoms with Crippen LogP contribution in [-0.2, 0) is 4.79 Å². The Hall–Kier alpha value is -2.45. The van der Waals surface area contributed by atoms with Gasteiger partial charge >= 0.3 is 0 Å². The number of halogens is 1. The first kappa shape index (κ1) is 19.9. The third-order valence-corrected chi connectivity index (χ3v) is 4.49. The summed E-state index contributed by atoms with van der Waals surface area (Å²) in [5, 5.41) is 2.40. The molecule has 0 fully saturated rings. The molecule has 0 saturated heterocycles. The van der Waals surface area contributed by atoms with Crippen molar-refractivity contribution >= 4 is 45.1 Å². The average Bonchev–Trinajstić information content (AvgIpc) is 2.61. The Morgan fingerprint density at radius 2 is 1.81 bits per heavy atom. The maximum atomic E-state index is 12.1. The first-order chi connectivity index (χ1) is 12.4. The van der Waals surface area contributed by atoms with Crippen molar-refractivity contribution in [3.8, 4) is 5.75 Å². The van der Waals surface area contributed by atoms with E-state index >= 15 is 0 Å². The number of aryl methyl sites for hydroxylation is 2. The molecule has 0 aliphatic heterocycles. The van der Waals surface area contributed by atoms with Crippen molar-refractivity contribution in [2.24, 2.45) is 0 Å². The van der Waals surface area contributed by atoms with Crippen molar-refractivity contribution in [2.75, 3.05) is 6.61 Å². The lowest BCUT2D eigenvalue weighted by atomic mass is 10.1. The predicted octanol–water partition coefficient (Wildman–Crippen LogP) is 2.78. The second kappa shape index (κ2) is 9.30. The molecule has 6 nitrogen and oxygen atoms in total. The van der Waals surface area contributed by atoms with Crippen LogP contribution in [0.2, 0.25) is 0 Å². The molecule has 0 spiro atoms. The summed E-state index contributed by atoms with van der Waals surface area (Å²) in [4.78, 5) is 23.9. The SMILES string of the molecule is Cc1ccc(C(=O)NNC(=S)NC(=O)COc2ccccc2C)cc1Br. The van der Waals surface area contributed by atoms with Crippen LogP contribution in [0.25, 0.3) is 0 Å². The van der Waals surface area contributed by atoms with Gasteiger partial charge in [0.25, 0.3) is 11.8 Å². The van der Waals surface area contributed by atoms with Gasteiger partial charge in [-0.2, -0.15) is 0 Å². The zero-order valence-corrected chi connectivity index (χ0v) is 16.7. The van der Waals surface area contributed by atoms with Crippen LogP contribution in [0.1, 0.15) is 21.5 Å². The maximum Gasteiger partial charge on any atom is 0.269 e. The van der Waals surface area contributed by atoms with Crippen LogP contribution in [0.3, 0.4) is 0 Å². The molecule has 2 aromatic carbocycles. The summed E-state index contributed by atoms with van der Waals surface area (Å²) in [7, 11) is 0. The third kappa shape index (κ3) is 5.82. The molecule has 0 aliphatic carbocycles. The minimum absolute atomic E-state index is 0.0251. The van der Waals surface area contributed by atoms with E-state index in [0.29, 0.717) is 11.3 Å². The number of carbonyl (C=O) groups excluding carboxylic acids is 2. The van der Waals surface area contributed by atoms with E-state index < -0.39 is 5.91 Å². The highest BCUT2D eigenvalue weighted by atomic mass is 79.9. The Bertz CT molecular complexity index is 842. The molecule has 0 heterocycles. The number of hydrazine groups is 1. The highest BCUT2D eigenvalue weighted by Crippen LogP contribution is 2.17. The fourth-order valence-electron chi connectivity index (χ4n) is 1.98. The van der Waals surface area contributed by atoms with E-state index in [2.05, 4.69) is 32.1 Å². The number of para-hydroxylation sites is 1. The number of thiocarbonyl (C=S) groups is 1. The summed E-state index contributed by atoms with van der Waals surface area (Å²) < 4.78 is 6.25. The standard InChI is InChI=1S/C18H18BrN3O3S/c1-11-7-8-13(9-14(11)19)17(24)21-22-18(26)20-16(23)10-25-15-6-4-3-5-12(15)2/h3-9H,10H2,1-2H3,(H,21,24)(H2,20,22,23,26). The molecule has 0 saturated carbocycles. The van der Waals surface area contributed by atoms with E-state index in [1.807, 2.05) is 38.1 Å². The van der Waals surface area contributed by atoms with Crippen LogP contribution < -0.4 is 20.9 Å². The lowest BCUT2D eigenvalue weighted by Gasteiger charge is -2.12. The van der Waals surface area contributed by atoms with Gasteiger partial charge in [0.15, 0.2) is 11.7 Å². The van der Waals surface area contributed by atoms with Gasteiger partial charge in [-0.1, -0.05) is 40.2 Å². The van der Waals surface area contributed by atoms with Gasteiger partial charge in [0.1, 0.15) is 5.75 Å². The fourth-order valence-corrected chi connectivity index (χ4v) is 2.52. The van der Waals surface area contributed by atoms with Gasteiger partial charge in [0.05, 0.1) is 0 Å². The Kier molecular flexibility index (Phi) is 7.11. The van der Waals surface area contributed by atoms with Crippen molar-refractivity contribution in [3.63, 3.8) is 0 Å². The molecule has 0 aromatic heterocycles. The molecule has 0 aliphatic rings. The quantitative estimate of drug-likeness (QED) is 0.508. The van der Waals surface area contributed by atoms with E-state index in [9.17, 15) is 9.59 Å². The smallest absolute Gasteiger partial charge is 0.269 e. The largest absolute Gasteiger partial charge is 0.483 e. The zero-order chi connectivity index (χ0) is 19.1. The monoisotopic (exact) mass is 435 g/mol. The van der Waals surface area contributed by atoms with Crippen molar-refractivity contribution < 1.29 is 14.3 Å². The first-order valence-corrected chi connectivity index (χ1v) is 8.91. The van der Waals surface area contributed by atoms with E-state index in [-0.39, 0.29) is 17.6 Å². The fraction of sp³-hybridized carbons (Fsp3) is 0.167. The van der Waals surface area contributed by atoms with E-state index in [1.54, 1.807) is 18.2 Å². The topological polar surface area (TPSA) is 79.5 Å². The van der Waals surface area contributed by atoms with Crippen LogP contribution in [0.4, 0.5) is 0 Å². The number of nitrogens with one attached hydrogen (secondary N) is 3. The molecule has 3 N–H and O–H groups in total. The normalized spacial score (nSPS) is 9.96. The lowest BCUT2D eigenvalue weighted by molar-refractivity contribution is -0.121. The molecule has 26 heavy (non-hydrogen) atoms. The molecular weight excluding hydrogens is 418 g/mol. The summed E-state index contributed by atoms with van der Waals surface area (Å²) in [6.45, 7) is 3.62. The summed E-state index contributed by atoms with van der Waals surface area (Å²) in [5.74, 6) is -0.184. The maximum absolute atomic E-state index is 12.1. The van der Waals surface area contributed by atoms with Crippen molar-refractivity contribution in [1.82, 2.24) is 16.2 Å². The van der Waals surface area contributed by atoms with Crippen LogP contribution in [0, 0.1) is 13.8 Å². The molecule has 2 rings (SSSR count). The van der Waals surface area contributed by atoms with Gasteiger partial charge in [-0.25, -0.2) is 0 Å². The van der Waals surface area contributed by atoms with Crippen LogP contribution >= 0.6 is 28.1 Å². The molecule has 136 valence electrons. The minimum Gasteiger partial charge on any atom is -0.483 e. The van der Waals surface area contributed by atoms with Gasteiger partial charge in [-0.3, -0.25) is 25.8 Å². The number of amides is 2. The first-order valence-electron chi connectivity index (χ1n) is 7.71. The van der Waals surface area contributed by atoms with Gasteiger partial charge in [0.2, 0.25) is 0 Å². The van der Waals surface area contributed by atoms with Crippen LogP contribution in [-0.4, -0.2) is 23.5 Å². The van der Waals surface area contributed by atoms with Crippen molar-refractivity contribution in [1.29, 1.82) is 0 Å². The second-order valence-corrected chi connectivity index (χ2v) is 6.74. The van der Waals surface area contributed by atoms with Crippen LogP contribution in [0.15, 0.2) is 46.9 Å². The number of benzene rings is 2. The van der Waals surface area contributed by atoms with Gasteiger partial charge < -0.3 is 4.74 Å². The lowest BCUT2D eigenvalue weighted by Crippen LogP contribution is -2.49. The number of carbonyl (C=O) groups is 2. The molecule has 0 radical (unpaired) electrons. The van der Waals surface area contributed by atoms with Gasteiger partial charge in [-0.15, -0.1) is 0 Å². The zero-order valence-electron chi connectivity index (χ0n) is 14.3. The average molecular weight is 436 g/mol. The molecule has 0 atom stereocenters. The minimum atomic E-state index is -0.432. The number of rotatable bonds is 4. The molecule has 8 heteroatoms. The summed E-state index contributed by atoms with van der Waals surface area (Å²) >= 11 is 8.35. The second-order valence-electron chi connectivity index (χ2n) is 5.47. The van der Waals surface area contributed by atoms with Crippen molar-refractivity contribution in [3.05, 3.63) is 63.6 Å². The van der Waals surface area contributed by atoms with E-state index in [1.165, 1.54) is 0 Å². The Morgan fingerprint density at radius 1 is 1.08 bits per heavy atom. The van der Waals surface area contributed by atoms with E-state index in [4.69, 9.17) is 17.0 Å². The Labute approximate surface area is 165 Å². The van der Waals surface area contributed by atoms with Gasteiger partial charge in [0, 0.05) is 10.0 Å². The molecule has 2 aromatic rings. The molecule has 2 amide bonds. The summed E-state index contributed by atoms with van der Waals surface area (Å²) in [6, 6.07) is 12.6. The van der Waals surface area contributed by atoms with Gasteiger partial charge in [-0.05, 0) is 55.4 Å². The Balaban J connectivity index is 1.77.